The number of nitrogens with zero attached hydrogens (tertiary/aromatic N) is 3. The maximum Gasteiger partial charge on any atom is 0.515 e. The number of hydrogen-bond donors (Lipinski definition) is 0. The van der Waals surface area contributed by atoms with Gasteiger partial charge in [0.05, 0.1) is 11.6 Å². The molecule has 0 spiro atoms. The Labute approximate surface area is 188 Å². The van der Waals surface area contributed by atoms with Crippen LogP contribution in [0.3, 0.4) is 0 Å². The van der Waals surface area contributed by atoms with Crippen LogP contribution in [0.2, 0.25) is 18.1 Å². The molecule has 0 radical (unpaired) electrons. The van der Waals surface area contributed by atoms with Crippen molar-refractivity contribution in [3.8, 4) is 0 Å². The first kappa shape index (κ1) is 23.6. The van der Waals surface area contributed by atoms with E-state index < -0.39 is 14.5 Å². The van der Waals surface area contributed by atoms with Gasteiger partial charge in [0.15, 0.2) is 8.32 Å². The fourth-order valence-corrected chi connectivity index (χ4v) is 5.46. The molecule has 1 aromatic heterocycles. The number of carbonyl (C=O) groups excluding carboxylic acids is 2. The molecule has 10 heteroatoms. The van der Waals surface area contributed by atoms with Gasteiger partial charge in [0.1, 0.15) is 23.3 Å². The Morgan fingerprint density at radius 2 is 2.03 bits per heavy atom. The number of amides is 1. The molecule has 0 N–H and O–H groups in total. The van der Waals surface area contributed by atoms with Crippen molar-refractivity contribution in [2.45, 2.75) is 58.1 Å². The SMILES string of the molecule is C=CCOC(=O)OC1=C(n2cnc(C)c2C)S[C@@H]2[C@@H](CO[Si](C)(C)C(C)(C)C)C(=O)N12. The molecule has 3 heterocycles. The summed E-state index contributed by atoms with van der Waals surface area (Å²) in [5.74, 6) is -0.241. The van der Waals surface area contributed by atoms with E-state index in [1.807, 2.05) is 18.4 Å². The number of imidazole rings is 1. The molecular weight excluding hydrogens is 434 g/mol. The third kappa shape index (κ3) is 4.33. The highest BCUT2D eigenvalue weighted by Gasteiger charge is 2.57. The van der Waals surface area contributed by atoms with Crippen LogP contribution in [0, 0.1) is 19.8 Å². The highest BCUT2D eigenvalue weighted by molar-refractivity contribution is 8.08. The zero-order chi connectivity index (χ0) is 23.1. The summed E-state index contributed by atoms with van der Waals surface area (Å²) in [5.41, 5.74) is 1.77. The second-order valence-corrected chi connectivity index (χ2v) is 15.2. The lowest BCUT2D eigenvalue weighted by Crippen LogP contribution is -2.59. The molecule has 170 valence electrons. The van der Waals surface area contributed by atoms with Gasteiger partial charge >= 0.3 is 6.16 Å². The van der Waals surface area contributed by atoms with Gasteiger partial charge in [0.2, 0.25) is 11.8 Å². The molecule has 1 fully saturated rings. The second kappa shape index (κ2) is 8.48. The molecule has 0 aliphatic carbocycles. The van der Waals surface area contributed by atoms with E-state index in [1.165, 1.54) is 22.7 Å². The highest BCUT2D eigenvalue weighted by atomic mass is 32.2. The van der Waals surface area contributed by atoms with Crippen LogP contribution >= 0.6 is 11.8 Å². The quantitative estimate of drug-likeness (QED) is 0.254. The summed E-state index contributed by atoms with van der Waals surface area (Å²) in [7, 11) is -1.99. The van der Waals surface area contributed by atoms with Crippen LogP contribution in [0.1, 0.15) is 32.2 Å². The Morgan fingerprint density at radius 3 is 2.58 bits per heavy atom. The van der Waals surface area contributed by atoms with Crippen LogP contribution in [-0.4, -0.2) is 53.4 Å². The Balaban J connectivity index is 1.83. The van der Waals surface area contributed by atoms with Crippen LogP contribution in [-0.2, 0) is 18.7 Å². The molecule has 2 aliphatic rings. The summed E-state index contributed by atoms with van der Waals surface area (Å²) in [6.45, 7) is 18.6. The fraction of sp³-hybridized carbons (Fsp3) is 0.571. The van der Waals surface area contributed by atoms with E-state index in [4.69, 9.17) is 13.9 Å². The monoisotopic (exact) mass is 465 g/mol. The van der Waals surface area contributed by atoms with E-state index in [-0.39, 0.29) is 34.7 Å². The van der Waals surface area contributed by atoms with Crippen molar-refractivity contribution in [3.63, 3.8) is 0 Å². The van der Waals surface area contributed by atoms with Gasteiger partial charge in [-0.1, -0.05) is 45.2 Å². The zero-order valence-electron chi connectivity index (χ0n) is 19.2. The lowest BCUT2D eigenvalue weighted by atomic mass is 10.00. The lowest BCUT2D eigenvalue weighted by molar-refractivity contribution is -0.151. The Hall–Kier alpha value is -2.04. The third-order valence-electron chi connectivity index (χ3n) is 6.19. The summed E-state index contributed by atoms with van der Waals surface area (Å²) in [6, 6.07) is 0. The van der Waals surface area contributed by atoms with E-state index >= 15 is 0 Å². The molecule has 8 nitrogen and oxygen atoms in total. The van der Waals surface area contributed by atoms with E-state index in [2.05, 4.69) is 45.4 Å². The van der Waals surface area contributed by atoms with Crippen LogP contribution in [0.4, 0.5) is 4.79 Å². The topological polar surface area (TPSA) is 82.9 Å². The second-order valence-electron chi connectivity index (χ2n) is 9.24. The summed E-state index contributed by atoms with van der Waals surface area (Å²) in [4.78, 5) is 31.0. The molecule has 0 unspecified atom stereocenters. The predicted octanol–water partition coefficient (Wildman–Crippen LogP) is 4.48. The lowest BCUT2D eigenvalue weighted by Gasteiger charge is -2.44. The van der Waals surface area contributed by atoms with Crippen LogP contribution in [0.25, 0.3) is 5.03 Å². The van der Waals surface area contributed by atoms with Gasteiger partial charge in [-0.25, -0.2) is 9.78 Å². The largest absolute Gasteiger partial charge is 0.515 e. The Kier molecular flexibility index (Phi) is 6.46. The molecule has 1 aromatic rings. The molecule has 3 rings (SSSR count). The first-order valence-corrected chi connectivity index (χ1v) is 14.0. The number of aryl methyl sites for hydroxylation is 1. The van der Waals surface area contributed by atoms with Crippen molar-refractivity contribution >= 4 is 37.2 Å². The van der Waals surface area contributed by atoms with Crippen molar-refractivity contribution in [1.82, 2.24) is 14.5 Å². The van der Waals surface area contributed by atoms with Crippen molar-refractivity contribution in [3.05, 3.63) is 36.3 Å². The minimum Gasteiger partial charge on any atom is -0.430 e. The van der Waals surface area contributed by atoms with E-state index in [9.17, 15) is 9.59 Å². The van der Waals surface area contributed by atoms with Gasteiger partial charge in [0.25, 0.3) is 0 Å². The summed E-state index contributed by atoms with van der Waals surface area (Å²) in [6.07, 6.45) is 2.25. The number of aromatic nitrogens is 2. The number of carbonyl (C=O) groups is 2. The average molecular weight is 466 g/mol. The predicted molar refractivity (Wildman–Crippen MR) is 122 cm³/mol. The van der Waals surface area contributed by atoms with Gasteiger partial charge in [-0.15, -0.1) is 0 Å². The van der Waals surface area contributed by atoms with E-state index in [1.54, 1.807) is 6.33 Å². The van der Waals surface area contributed by atoms with Gasteiger partial charge in [-0.3, -0.25) is 14.3 Å². The first-order chi connectivity index (χ1) is 14.4. The van der Waals surface area contributed by atoms with E-state index in [0.717, 1.165) is 11.4 Å². The molecule has 2 aliphatic heterocycles. The smallest absolute Gasteiger partial charge is 0.430 e. The summed E-state index contributed by atoms with van der Waals surface area (Å²) < 4.78 is 18.6. The Morgan fingerprint density at radius 1 is 1.35 bits per heavy atom. The minimum absolute atomic E-state index is 0.0259. The molecule has 0 saturated carbocycles. The molecule has 31 heavy (non-hydrogen) atoms. The fourth-order valence-electron chi connectivity index (χ4n) is 3.00. The van der Waals surface area contributed by atoms with Crippen molar-refractivity contribution < 1.29 is 23.5 Å². The first-order valence-electron chi connectivity index (χ1n) is 10.2. The number of thioether (sulfide) groups is 1. The van der Waals surface area contributed by atoms with Gasteiger partial charge in [-0.05, 0) is 32.0 Å². The summed E-state index contributed by atoms with van der Waals surface area (Å²) in [5, 5.41) is 0.499. The average Bonchev–Trinajstić information content (AvgIpc) is 3.16. The molecule has 1 amide bonds. The van der Waals surface area contributed by atoms with Gasteiger partial charge in [0, 0.05) is 12.3 Å². The number of rotatable bonds is 7. The van der Waals surface area contributed by atoms with Crippen molar-refractivity contribution in [1.29, 1.82) is 0 Å². The van der Waals surface area contributed by atoms with Crippen molar-refractivity contribution in [2.24, 2.45) is 5.92 Å². The van der Waals surface area contributed by atoms with Crippen LogP contribution in [0.5, 0.6) is 0 Å². The van der Waals surface area contributed by atoms with Crippen LogP contribution in [0.15, 0.2) is 24.9 Å². The Bertz CT molecular complexity index is 934. The molecule has 0 bridgehead atoms. The zero-order valence-corrected chi connectivity index (χ0v) is 21.0. The maximum atomic E-state index is 13.0. The standard InChI is InChI=1S/C21H31N3O5SSi/c1-9-10-27-20(26)29-17-19(23-12-22-13(2)14(23)3)30-18-15(16(25)24(17)18)11-28-31(7,8)21(4,5)6/h9,12,15,18H,1,10-11H2,2-8H3/t15-,18+/m0/s1. The third-order valence-corrected chi connectivity index (χ3v) is 12.1. The summed E-state index contributed by atoms with van der Waals surface area (Å²) >= 11 is 1.48. The van der Waals surface area contributed by atoms with E-state index in [0.29, 0.717) is 11.6 Å². The minimum atomic E-state index is -1.99. The molecule has 2 atom stereocenters. The molecular formula is C21H31N3O5SSi. The number of fused-ring (bicyclic) bond motifs is 1. The molecule has 0 aromatic carbocycles. The van der Waals surface area contributed by atoms with Gasteiger partial charge in [-0.2, -0.15) is 0 Å². The van der Waals surface area contributed by atoms with Crippen molar-refractivity contribution in [2.75, 3.05) is 13.2 Å². The number of β-lactam (4-membered cyclic amide) rings is 1. The number of hydrogen-bond acceptors (Lipinski definition) is 7. The van der Waals surface area contributed by atoms with Crippen LogP contribution < -0.4 is 0 Å². The maximum absolute atomic E-state index is 13.0. The molecule has 1 saturated heterocycles. The number of ether oxygens (including phenoxy) is 2. The highest BCUT2D eigenvalue weighted by Crippen LogP contribution is 2.52. The van der Waals surface area contributed by atoms with Gasteiger partial charge < -0.3 is 13.9 Å². The normalized spacial score (nSPS) is 21.1.